The van der Waals surface area contributed by atoms with Crippen LogP contribution >= 0.6 is 0 Å². The third-order valence-corrected chi connectivity index (χ3v) is 1.97. The van der Waals surface area contributed by atoms with Crippen LogP contribution < -0.4 is 5.73 Å². The van der Waals surface area contributed by atoms with E-state index in [2.05, 4.69) is 35.8 Å². The van der Waals surface area contributed by atoms with Crippen molar-refractivity contribution in [3.8, 4) is 0 Å². The molecule has 0 radical (unpaired) electrons. The molecule has 4 heteroatoms. The molecule has 0 unspecified atom stereocenters. The van der Waals surface area contributed by atoms with Gasteiger partial charge >= 0.3 is 0 Å². The first-order valence-corrected chi connectivity index (χ1v) is 4.73. The fourth-order valence-electron chi connectivity index (χ4n) is 1.15. The van der Waals surface area contributed by atoms with Gasteiger partial charge in [0.05, 0.1) is 0 Å². The minimum atomic E-state index is 0.640. The molecule has 78 valence electrons. The molecule has 2 N–H and O–H groups in total. The third kappa shape index (κ3) is 5.47. The summed E-state index contributed by atoms with van der Waals surface area (Å²) in [5, 5.41) is 0. The van der Waals surface area contributed by atoms with Crippen molar-refractivity contribution in [2.24, 2.45) is 10.7 Å². The van der Waals surface area contributed by atoms with Gasteiger partial charge < -0.3 is 15.5 Å². The fraction of sp³-hybridized carbons (Fsp3) is 0.889. The molecule has 0 bridgehead atoms. The van der Waals surface area contributed by atoms with Crippen molar-refractivity contribution in [2.75, 3.05) is 40.8 Å². The van der Waals surface area contributed by atoms with Crippen LogP contribution in [0.1, 0.15) is 13.3 Å². The van der Waals surface area contributed by atoms with E-state index < -0.39 is 0 Å². The number of hydrogen-bond acceptors (Lipinski definition) is 2. The van der Waals surface area contributed by atoms with Gasteiger partial charge in [-0.2, -0.15) is 0 Å². The summed E-state index contributed by atoms with van der Waals surface area (Å²) >= 11 is 0. The minimum Gasteiger partial charge on any atom is -0.370 e. The maximum atomic E-state index is 5.71. The predicted octanol–water partition coefficient (Wildman–Crippen LogP) is 0.205. The van der Waals surface area contributed by atoms with Crippen molar-refractivity contribution in [1.82, 2.24) is 9.80 Å². The Morgan fingerprint density at radius 1 is 1.31 bits per heavy atom. The lowest BCUT2D eigenvalue weighted by molar-refractivity contribution is 0.353. The van der Waals surface area contributed by atoms with Crippen LogP contribution in [0.2, 0.25) is 0 Å². The van der Waals surface area contributed by atoms with Crippen molar-refractivity contribution in [1.29, 1.82) is 0 Å². The van der Waals surface area contributed by atoms with Crippen molar-refractivity contribution in [2.45, 2.75) is 13.3 Å². The Hall–Kier alpha value is -0.770. The molecule has 13 heavy (non-hydrogen) atoms. The molecule has 0 amide bonds. The SMILES string of the molecule is CCN(CCCN(C)C)C(N)=NC. The fourth-order valence-corrected chi connectivity index (χ4v) is 1.15. The number of nitrogens with two attached hydrogens (primary N) is 1. The lowest BCUT2D eigenvalue weighted by Gasteiger charge is -2.22. The predicted molar refractivity (Wildman–Crippen MR) is 58.0 cm³/mol. The first-order valence-electron chi connectivity index (χ1n) is 4.73. The highest BCUT2D eigenvalue weighted by Gasteiger charge is 2.03. The van der Waals surface area contributed by atoms with Crippen LogP contribution in [0.15, 0.2) is 4.99 Å². The molecule has 0 rings (SSSR count). The average Bonchev–Trinajstić information content (AvgIpc) is 2.11. The standard InChI is InChI=1S/C9H22N4/c1-5-13(9(10)11-2)8-6-7-12(3)4/h5-8H2,1-4H3,(H2,10,11). The summed E-state index contributed by atoms with van der Waals surface area (Å²) in [5.74, 6) is 0.640. The summed E-state index contributed by atoms with van der Waals surface area (Å²) in [7, 11) is 5.88. The van der Waals surface area contributed by atoms with Crippen molar-refractivity contribution < 1.29 is 0 Å². The quantitative estimate of drug-likeness (QED) is 0.493. The van der Waals surface area contributed by atoms with Crippen LogP contribution in [0.5, 0.6) is 0 Å². The van der Waals surface area contributed by atoms with E-state index in [0.29, 0.717) is 5.96 Å². The second kappa shape index (κ2) is 6.71. The minimum absolute atomic E-state index is 0.640. The molecule has 4 nitrogen and oxygen atoms in total. The molecule has 0 aliphatic carbocycles. The van der Waals surface area contributed by atoms with Gasteiger partial charge in [-0.15, -0.1) is 0 Å². The van der Waals surface area contributed by atoms with Gasteiger partial charge in [0.25, 0.3) is 0 Å². The Balaban J connectivity index is 3.73. The number of aliphatic imine (C=N–C) groups is 1. The normalized spacial score (nSPS) is 12.2. The highest BCUT2D eigenvalue weighted by atomic mass is 15.2. The van der Waals surface area contributed by atoms with Crippen molar-refractivity contribution in [3.05, 3.63) is 0 Å². The summed E-state index contributed by atoms with van der Waals surface area (Å²) < 4.78 is 0. The van der Waals surface area contributed by atoms with E-state index >= 15 is 0 Å². The van der Waals surface area contributed by atoms with Gasteiger partial charge in [0, 0.05) is 20.1 Å². The van der Waals surface area contributed by atoms with Crippen LogP contribution in [0, 0.1) is 0 Å². The smallest absolute Gasteiger partial charge is 0.190 e. The number of guanidine groups is 1. The Labute approximate surface area is 81.4 Å². The zero-order valence-corrected chi connectivity index (χ0v) is 9.25. The highest BCUT2D eigenvalue weighted by Crippen LogP contribution is 1.92. The van der Waals surface area contributed by atoms with E-state index in [9.17, 15) is 0 Å². The van der Waals surface area contributed by atoms with Crippen LogP contribution in [-0.2, 0) is 0 Å². The molecular weight excluding hydrogens is 164 g/mol. The van der Waals surface area contributed by atoms with Crippen LogP contribution in [0.25, 0.3) is 0 Å². The lowest BCUT2D eigenvalue weighted by Crippen LogP contribution is -2.38. The van der Waals surface area contributed by atoms with E-state index in [-0.39, 0.29) is 0 Å². The van der Waals surface area contributed by atoms with Gasteiger partial charge in [0.2, 0.25) is 0 Å². The van der Waals surface area contributed by atoms with E-state index in [1.165, 1.54) is 0 Å². The van der Waals surface area contributed by atoms with Crippen LogP contribution in [0.3, 0.4) is 0 Å². The Morgan fingerprint density at radius 2 is 1.92 bits per heavy atom. The summed E-state index contributed by atoms with van der Waals surface area (Å²) in [6.07, 6.45) is 1.12. The van der Waals surface area contributed by atoms with Crippen molar-refractivity contribution in [3.63, 3.8) is 0 Å². The molecule has 0 heterocycles. The third-order valence-electron chi connectivity index (χ3n) is 1.97. The van der Waals surface area contributed by atoms with Crippen LogP contribution in [0.4, 0.5) is 0 Å². The largest absolute Gasteiger partial charge is 0.370 e. The molecule has 0 aliphatic heterocycles. The molecule has 0 saturated carbocycles. The Morgan fingerprint density at radius 3 is 2.31 bits per heavy atom. The molecule has 0 aromatic rings. The van der Waals surface area contributed by atoms with E-state index in [1.807, 2.05) is 0 Å². The number of rotatable bonds is 5. The number of hydrogen-bond donors (Lipinski definition) is 1. The maximum absolute atomic E-state index is 5.71. The van der Waals surface area contributed by atoms with Gasteiger partial charge in [-0.3, -0.25) is 4.99 Å². The summed E-state index contributed by atoms with van der Waals surface area (Å²) in [6, 6.07) is 0. The molecule has 0 aromatic carbocycles. The Bertz CT molecular complexity index is 154. The van der Waals surface area contributed by atoms with Gasteiger partial charge in [0.15, 0.2) is 5.96 Å². The molecule has 0 spiro atoms. The zero-order chi connectivity index (χ0) is 10.3. The molecular formula is C9H22N4. The molecule has 0 aromatic heterocycles. The van der Waals surface area contributed by atoms with Gasteiger partial charge in [0.1, 0.15) is 0 Å². The summed E-state index contributed by atoms with van der Waals surface area (Å²) in [6.45, 7) is 5.09. The van der Waals surface area contributed by atoms with Gasteiger partial charge in [-0.25, -0.2) is 0 Å². The Kier molecular flexibility index (Phi) is 6.32. The van der Waals surface area contributed by atoms with Gasteiger partial charge in [-0.05, 0) is 34.0 Å². The van der Waals surface area contributed by atoms with Crippen LogP contribution in [-0.4, -0.2) is 56.5 Å². The summed E-state index contributed by atoms with van der Waals surface area (Å²) in [4.78, 5) is 8.22. The lowest BCUT2D eigenvalue weighted by atomic mass is 10.3. The molecule has 0 atom stereocenters. The van der Waals surface area contributed by atoms with Crippen molar-refractivity contribution >= 4 is 5.96 Å². The van der Waals surface area contributed by atoms with E-state index in [0.717, 1.165) is 26.1 Å². The van der Waals surface area contributed by atoms with E-state index in [4.69, 9.17) is 5.73 Å². The number of nitrogens with zero attached hydrogens (tertiary/aromatic N) is 3. The maximum Gasteiger partial charge on any atom is 0.190 e. The first kappa shape index (κ1) is 12.2. The molecule has 0 fully saturated rings. The highest BCUT2D eigenvalue weighted by molar-refractivity contribution is 5.77. The second-order valence-corrected chi connectivity index (χ2v) is 3.32. The molecule has 0 saturated heterocycles. The zero-order valence-electron chi connectivity index (χ0n) is 9.25. The molecule has 0 aliphatic rings. The average molecular weight is 186 g/mol. The topological polar surface area (TPSA) is 44.9 Å². The second-order valence-electron chi connectivity index (χ2n) is 3.32. The monoisotopic (exact) mass is 186 g/mol. The van der Waals surface area contributed by atoms with Gasteiger partial charge in [-0.1, -0.05) is 0 Å². The van der Waals surface area contributed by atoms with E-state index in [1.54, 1.807) is 7.05 Å². The first-order chi connectivity index (χ1) is 6.11. The summed E-state index contributed by atoms with van der Waals surface area (Å²) in [5.41, 5.74) is 5.71.